The first-order valence-corrected chi connectivity index (χ1v) is 9.15. The van der Waals surface area contributed by atoms with Crippen LogP contribution in [0.5, 0.6) is 0 Å². The minimum Gasteiger partial charge on any atom is -0.419 e. The maximum atomic E-state index is 5.83. The lowest BCUT2D eigenvalue weighted by atomic mass is 10.1. The van der Waals surface area contributed by atoms with E-state index in [1.165, 1.54) is 11.1 Å². The van der Waals surface area contributed by atoms with Crippen molar-refractivity contribution in [2.75, 3.05) is 26.2 Å². The van der Waals surface area contributed by atoms with Gasteiger partial charge in [-0.25, -0.2) is 0 Å². The van der Waals surface area contributed by atoms with Gasteiger partial charge in [-0.05, 0) is 30.2 Å². The molecule has 2 aromatic carbocycles. The Bertz CT molecular complexity index is 838. The predicted molar refractivity (Wildman–Crippen MR) is 101 cm³/mol. The van der Waals surface area contributed by atoms with Crippen LogP contribution in [0, 0.1) is 6.92 Å². The van der Waals surface area contributed by atoms with Gasteiger partial charge in [0.1, 0.15) is 0 Å². The van der Waals surface area contributed by atoms with Crippen molar-refractivity contribution in [3.63, 3.8) is 0 Å². The summed E-state index contributed by atoms with van der Waals surface area (Å²) in [6.07, 6.45) is 0. The minimum absolute atomic E-state index is 0.596. The van der Waals surface area contributed by atoms with Gasteiger partial charge in [0.25, 0.3) is 0 Å². The third-order valence-corrected chi connectivity index (χ3v) is 4.97. The Balaban J connectivity index is 1.30. The highest BCUT2D eigenvalue weighted by Gasteiger charge is 2.19. The van der Waals surface area contributed by atoms with Crippen LogP contribution in [0.25, 0.3) is 11.5 Å². The van der Waals surface area contributed by atoms with E-state index in [0.29, 0.717) is 11.8 Å². The second-order valence-electron chi connectivity index (χ2n) is 6.85. The van der Waals surface area contributed by atoms with E-state index >= 15 is 0 Å². The van der Waals surface area contributed by atoms with Gasteiger partial charge in [-0.3, -0.25) is 9.80 Å². The quantitative estimate of drug-likeness (QED) is 0.707. The van der Waals surface area contributed by atoms with Gasteiger partial charge in [0.15, 0.2) is 0 Å². The van der Waals surface area contributed by atoms with E-state index in [9.17, 15) is 0 Å². The van der Waals surface area contributed by atoms with E-state index in [2.05, 4.69) is 51.2 Å². The average molecular weight is 348 g/mol. The number of hydrogen-bond acceptors (Lipinski definition) is 5. The molecule has 1 saturated heterocycles. The highest BCUT2D eigenvalue weighted by atomic mass is 16.4. The van der Waals surface area contributed by atoms with Crippen molar-refractivity contribution in [3.8, 4) is 11.5 Å². The Morgan fingerprint density at radius 2 is 1.46 bits per heavy atom. The van der Waals surface area contributed by atoms with Gasteiger partial charge in [0.05, 0.1) is 6.54 Å². The smallest absolute Gasteiger partial charge is 0.247 e. The van der Waals surface area contributed by atoms with Crippen molar-refractivity contribution in [2.45, 2.75) is 20.0 Å². The Morgan fingerprint density at radius 3 is 2.19 bits per heavy atom. The summed E-state index contributed by atoms with van der Waals surface area (Å²) < 4.78 is 5.83. The molecule has 0 saturated carbocycles. The maximum absolute atomic E-state index is 5.83. The number of rotatable bonds is 5. The molecule has 26 heavy (non-hydrogen) atoms. The Hall–Kier alpha value is -2.50. The van der Waals surface area contributed by atoms with E-state index in [0.717, 1.165) is 44.8 Å². The van der Waals surface area contributed by atoms with Crippen LogP contribution in [-0.2, 0) is 13.1 Å². The molecule has 0 spiro atoms. The topological polar surface area (TPSA) is 45.4 Å². The van der Waals surface area contributed by atoms with Gasteiger partial charge in [-0.2, -0.15) is 0 Å². The minimum atomic E-state index is 0.596. The van der Waals surface area contributed by atoms with Crippen molar-refractivity contribution in [1.82, 2.24) is 20.0 Å². The molecular weight excluding hydrogens is 324 g/mol. The molecule has 0 atom stereocenters. The monoisotopic (exact) mass is 348 g/mol. The lowest BCUT2D eigenvalue weighted by Crippen LogP contribution is -2.45. The van der Waals surface area contributed by atoms with E-state index in [1.807, 2.05) is 30.3 Å². The summed E-state index contributed by atoms with van der Waals surface area (Å²) in [5.41, 5.74) is 3.76. The molecule has 5 nitrogen and oxygen atoms in total. The third-order valence-electron chi connectivity index (χ3n) is 4.97. The van der Waals surface area contributed by atoms with Crippen LogP contribution < -0.4 is 0 Å². The van der Waals surface area contributed by atoms with Crippen LogP contribution in [0.15, 0.2) is 59.0 Å². The molecule has 0 aliphatic carbocycles. The van der Waals surface area contributed by atoms with Crippen molar-refractivity contribution < 1.29 is 4.42 Å². The largest absolute Gasteiger partial charge is 0.419 e. The van der Waals surface area contributed by atoms with Crippen LogP contribution in [0.2, 0.25) is 0 Å². The van der Waals surface area contributed by atoms with Crippen molar-refractivity contribution in [2.24, 2.45) is 0 Å². The fourth-order valence-corrected chi connectivity index (χ4v) is 3.34. The first kappa shape index (κ1) is 16.9. The lowest BCUT2D eigenvalue weighted by molar-refractivity contribution is 0.114. The van der Waals surface area contributed by atoms with Gasteiger partial charge in [-0.1, -0.05) is 42.5 Å². The normalized spacial score (nSPS) is 16.0. The summed E-state index contributed by atoms with van der Waals surface area (Å²) in [6.45, 7) is 8.11. The van der Waals surface area contributed by atoms with Gasteiger partial charge in [0, 0.05) is 38.3 Å². The molecule has 0 N–H and O–H groups in total. The molecule has 1 aliphatic rings. The number of hydrogen-bond donors (Lipinski definition) is 0. The first-order valence-electron chi connectivity index (χ1n) is 9.15. The maximum Gasteiger partial charge on any atom is 0.247 e. The summed E-state index contributed by atoms with van der Waals surface area (Å²) in [7, 11) is 0. The predicted octanol–water partition coefficient (Wildman–Crippen LogP) is 3.36. The summed E-state index contributed by atoms with van der Waals surface area (Å²) in [6, 6.07) is 18.6. The van der Waals surface area contributed by atoms with E-state index in [4.69, 9.17) is 4.42 Å². The highest BCUT2D eigenvalue weighted by molar-refractivity contribution is 5.51. The lowest BCUT2D eigenvalue weighted by Gasteiger charge is -2.34. The number of benzene rings is 2. The second kappa shape index (κ2) is 7.81. The molecule has 5 heteroatoms. The summed E-state index contributed by atoms with van der Waals surface area (Å²) in [4.78, 5) is 4.90. The Labute approximate surface area is 154 Å². The molecule has 4 rings (SSSR count). The molecule has 0 radical (unpaired) electrons. The number of aromatic nitrogens is 2. The first-order chi connectivity index (χ1) is 12.8. The second-order valence-corrected chi connectivity index (χ2v) is 6.85. The molecule has 1 fully saturated rings. The molecule has 1 aromatic heterocycles. The fraction of sp³-hybridized carbons (Fsp3) is 0.333. The highest BCUT2D eigenvalue weighted by Crippen LogP contribution is 2.18. The van der Waals surface area contributed by atoms with Gasteiger partial charge in [0.2, 0.25) is 11.8 Å². The molecule has 0 amide bonds. The van der Waals surface area contributed by atoms with Crippen molar-refractivity contribution >= 4 is 0 Å². The van der Waals surface area contributed by atoms with E-state index < -0.39 is 0 Å². The van der Waals surface area contributed by atoms with Crippen LogP contribution in [0.1, 0.15) is 17.0 Å². The SMILES string of the molecule is Cc1ccccc1CN1CCN(Cc2nnc(-c3ccccc3)o2)CC1. The van der Waals surface area contributed by atoms with Gasteiger partial charge >= 0.3 is 0 Å². The molecule has 1 aliphatic heterocycles. The molecule has 2 heterocycles. The van der Waals surface area contributed by atoms with E-state index in [1.54, 1.807) is 0 Å². The number of aryl methyl sites for hydroxylation is 1. The molecule has 3 aromatic rings. The van der Waals surface area contributed by atoms with E-state index in [-0.39, 0.29) is 0 Å². The van der Waals surface area contributed by atoms with Crippen LogP contribution >= 0.6 is 0 Å². The zero-order chi connectivity index (χ0) is 17.8. The molecule has 0 bridgehead atoms. The third kappa shape index (κ3) is 4.00. The van der Waals surface area contributed by atoms with Crippen LogP contribution in [-0.4, -0.2) is 46.2 Å². The molecular formula is C21H24N4O. The van der Waals surface area contributed by atoms with Crippen molar-refractivity contribution in [1.29, 1.82) is 0 Å². The Morgan fingerprint density at radius 1 is 0.808 bits per heavy atom. The van der Waals surface area contributed by atoms with Crippen molar-refractivity contribution in [3.05, 3.63) is 71.6 Å². The summed E-state index contributed by atoms with van der Waals surface area (Å²) in [5.74, 6) is 1.29. The molecule has 0 unspecified atom stereocenters. The van der Waals surface area contributed by atoms with Crippen LogP contribution in [0.3, 0.4) is 0 Å². The summed E-state index contributed by atoms with van der Waals surface area (Å²) >= 11 is 0. The number of nitrogens with zero attached hydrogens (tertiary/aromatic N) is 4. The standard InChI is InChI=1S/C21H24N4O/c1-17-7-5-6-10-19(17)15-24-11-13-25(14-12-24)16-20-22-23-21(26-20)18-8-3-2-4-9-18/h2-10H,11-16H2,1H3. The fourth-order valence-electron chi connectivity index (χ4n) is 3.34. The van der Waals surface area contributed by atoms with Gasteiger partial charge in [-0.15, -0.1) is 10.2 Å². The average Bonchev–Trinajstić information content (AvgIpc) is 3.14. The molecule has 134 valence electrons. The number of piperazine rings is 1. The zero-order valence-electron chi connectivity index (χ0n) is 15.1. The summed E-state index contributed by atoms with van der Waals surface area (Å²) in [5, 5.41) is 8.39. The van der Waals surface area contributed by atoms with Crippen LogP contribution in [0.4, 0.5) is 0 Å². The van der Waals surface area contributed by atoms with Gasteiger partial charge < -0.3 is 4.42 Å². The zero-order valence-corrected chi connectivity index (χ0v) is 15.1. The Kier molecular flexibility index (Phi) is 5.09.